The number of fused-ring (bicyclic) bond motifs is 10. The summed E-state index contributed by atoms with van der Waals surface area (Å²) in [7, 11) is 0. The topological polar surface area (TPSA) is 16.4 Å². The van der Waals surface area contributed by atoms with Crippen LogP contribution in [0.5, 0.6) is 0 Å². The first-order valence-electron chi connectivity index (χ1n) is 22.7. The van der Waals surface area contributed by atoms with Gasteiger partial charge in [-0.15, -0.1) is 11.3 Å². The minimum Gasteiger partial charge on any atom is -0.456 e. The predicted molar refractivity (Wildman–Crippen MR) is 276 cm³/mol. The van der Waals surface area contributed by atoms with Crippen LogP contribution in [0.25, 0.3) is 86.3 Å². The molecule has 0 radical (unpaired) electrons. The molecule has 1 atom stereocenters. The summed E-state index contributed by atoms with van der Waals surface area (Å²) in [5.74, 6) is 0.282. The lowest BCUT2D eigenvalue weighted by Gasteiger charge is -2.26. The van der Waals surface area contributed by atoms with Gasteiger partial charge in [0.1, 0.15) is 11.2 Å². The highest BCUT2D eigenvalue weighted by Crippen LogP contribution is 2.51. The second-order valence-corrected chi connectivity index (χ2v) is 18.6. The zero-order valence-corrected chi connectivity index (χ0v) is 36.6. The number of nitrogens with zero attached hydrogens (tertiary/aromatic N) is 1. The Morgan fingerprint density at radius 3 is 2.02 bits per heavy atom. The number of furan rings is 1. The number of benzene rings is 10. The van der Waals surface area contributed by atoms with E-state index in [2.05, 4.69) is 223 Å². The summed E-state index contributed by atoms with van der Waals surface area (Å²) in [6.07, 6.45) is 2.90. The van der Waals surface area contributed by atoms with Crippen LogP contribution < -0.4 is 4.90 Å². The van der Waals surface area contributed by atoms with Crippen molar-refractivity contribution in [3.63, 3.8) is 0 Å². The van der Waals surface area contributed by atoms with Crippen LogP contribution in [0.3, 0.4) is 0 Å². The van der Waals surface area contributed by atoms with Gasteiger partial charge in [-0.1, -0.05) is 158 Å². The van der Waals surface area contributed by atoms with Gasteiger partial charge < -0.3 is 9.32 Å². The predicted octanol–water partition coefficient (Wildman–Crippen LogP) is 17.9. The third-order valence-corrected chi connectivity index (χ3v) is 14.9. The summed E-state index contributed by atoms with van der Waals surface area (Å²) in [6.45, 7) is 0. The number of aryl methyl sites for hydroxylation is 1. The van der Waals surface area contributed by atoms with Gasteiger partial charge in [0.15, 0.2) is 0 Å². The molecule has 2 nitrogen and oxygen atoms in total. The van der Waals surface area contributed by atoms with Gasteiger partial charge in [-0.25, -0.2) is 0 Å². The maximum Gasteiger partial charge on any atom is 0.136 e. The quantitative estimate of drug-likeness (QED) is 0.159. The van der Waals surface area contributed by atoms with Gasteiger partial charge in [-0.2, -0.15) is 0 Å². The van der Waals surface area contributed by atoms with Crippen LogP contribution in [0, 0.1) is 0 Å². The van der Waals surface area contributed by atoms with E-state index < -0.39 is 0 Å². The molecule has 0 unspecified atom stereocenters. The lowest BCUT2D eigenvalue weighted by molar-refractivity contribution is 0.628. The normalized spacial score (nSPS) is 13.6. The SMILES string of the molecule is c1ccc(-c2c3c(cc4oc5ccccc5c24)CC[C@H](Cc2ccc(N(c4ccccc4)c4ccc5sc6ccccc6c5c4)cc2)c2cc(-c4cccc5ccccc45)ccc2-3)cc1. The minimum atomic E-state index is 0.282. The zero-order chi connectivity index (χ0) is 42.8. The highest BCUT2D eigenvalue weighted by atomic mass is 32.1. The van der Waals surface area contributed by atoms with Crippen LogP contribution in [0.2, 0.25) is 0 Å². The number of hydrogen-bond donors (Lipinski definition) is 0. The van der Waals surface area contributed by atoms with Gasteiger partial charge in [0.05, 0.1) is 0 Å². The van der Waals surface area contributed by atoms with Crippen LogP contribution in [0.1, 0.15) is 29.0 Å². The van der Waals surface area contributed by atoms with Crippen molar-refractivity contribution in [3.05, 3.63) is 235 Å². The van der Waals surface area contributed by atoms with E-state index in [4.69, 9.17) is 4.42 Å². The maximum atomic E-state index is 6.68. The summed E-state index contributed by atoms with van der Waals surface area (Å²) in [5.41, 5.74) is 17.1. The first-order valence-corrected chi connectivity index (χ1v) is 23.5. The van der Waals surface area contributed by atoms with Gasteiger partial charge in [0, 0.05) is 53.6 Å². The number of para-hydroxylation sites is 2. The third-order valence-electron chi connectivity index (χ3n) is 13.7. The molecule has 0 aliphatic heterocycles. The van der Waals surface area contributed by atoms with E-state index in [0.717, 1.165) is 52.9 Å². The summed E-state index contributed by atoms with van der Waals surface area (Å²) in [6, 6.07) is 80.5. The highest BCUT2D eigenvalue weighted by molar-refractivity contribution is 7.25. The Labute approximate surface area is 382 Å². The Morgan fingerprint density at radius 2 is 1.15 bits per heavy atom. The molecule has 0 N–H and O–H groups in total. The van der Waals surface area contributed by atoms with Crippen LogP contribution in [0.15, 0.2) is 223 Å². The monoisotopic (exact) mass is 849 g/mol. The van der Waals surface area contributed by atoms with Gasteiger partial charge in [0.2, 0.25) is 0 Å². The van der Waals surface area contributed by atoms with Crippen LogP contribution in [-0.2, 0) is 12.8 Å². The van der Waals surface area contributed by atoms with Crippen molar-refractivity contribution in [2.45, 2.75) is 25.2 Å². The van der Waals surface area contributed by atoms with E-state index >= 15 is 0 Å². The molecular formula is C62H43NOS. The molecule has 3 heteroatoms. The number of hydrogen-bond acceptors (Lipinski definition) is 3. The van der Waals surface area contributed by atoms with Crippen molar-refractivity contribution in [1.29, 1.82) is 0 Å². The second-order valence-electron chi connectivity index (χ2n) is 17.5. The molecule has 0 saturated carbocycles. The van der Waals surface area contributed by atoms with Gasteiger partial charge in [-0.05, 0) is 141 Å². The molecule has 0 saturated heterocycles. The van der Waals surface area contributed by atoms with E-state index in [1.54, 1.807) is 0 Å². The zero-order valence-electron chi connectivity index (χ0n) is 35.7. The van der Waals surface area contributed by atoms with E-state index in [9.17, 15) is 0 Å². The Bertz CT molecular complexity index is 3750. The average Bonchev–Trinajstić information content (AvgIpc) is 3.89. The van der Waals surface area contributed by atoms with Gasteiger partial charge >= 0.3 is 0 Å². The molecule has 12 aromatic rings. The number of thiophene rings is 1. The van der Waals surface area contributed by atoms with E-state index in [0.29, 0.717) is 0 Å². The smallest absolute Gasteiger partial charge is 0.136 e. The van der Waals surface area contributed by atoms with Crippen LogP contribution in [0.4, 0.5) is 17.1 Å². The van der Waals surface area contributed by atoms with Gasteiger partial charge in [0.25, 0.3) is 0 Å². The Kier molecular flexibility index (Phi) is 9.02. The molecule has 1 aliphatic rings. The van der Waals surface area contributed by atoms with E-state index in [1.165, 1.54) is 86.4 Å². The van der Waals surface area contributed by atoms with Crippen molar-refractivity contribution in [2.24, 2.45) is 0 Å². The summed E-state index contributed by atoms with van der Waals surface area (Å²) in [5, 5.41) is 7.50. The molecule has 1 aliphatic carbocycles. The van der Waals surface area contributed by atoms with E-state index in [1.807, 2.05) is 11.3 Å². The Hall–Kier alpha value is -7.72. The van der Waals surface area contributed by atoms with Crippen LogP contribution in [-0.4, -0.2) is 0 Å². The molecule has 0 fully saturated rings. The third kappa shape index (κ3) is 6.45. The Balaban J connectivity index is 0.952. The van der Waals surface area contributed by atoms with Crippen LogP contribution >= 0.6 is 11.3 Å². The molecule has 2 heterocycles. The largest absolute Gasteiger partial charge is 0.456 e. The number of anilines is 3. The molecule has 13 rings (SSSR count). The fourth-order valence-corrected chi connectivity index (χ4v) is 11.8. The second kappa shape index (κ2) is 15.5. The summed E-state index contributed by atoms with van der Waals surface area (Å²) < 4.78 is 9.31. The standard InChI is InChI=1S/C62H43NOS/c1-3-15-42(16-4-1)61-60-45(38-57-62(61)53-22-9-11-24-56(53)64-57)29-28-43(54-37-44(30-34-52(54)60)50-23-13-17-41-14-7-8-20-49(41)50)36-40-26-31-47(32-27-40)63(46-18-5-2-6-19-46)48-33-35-59-55(39-48)51-21-10-12-25-58(51)65-59/h1-27,30-35,37-39,43H,28-29,36H2/t43-/m1/s1. The molecule has 0 bridgehead atoms. The van der Waals surface area contributed by atoms with Crippen molar-refractivity contribution < 1.29 is 4.42 Å². The minimum absolute atomic E-state index is 0.282. The molecule has 2 aromatic heterocycles. The molecular weight excluding hydrogens is 807 g/mol. The lowest BCUT2D eigenvalue weighted by atomic mass is 9.82. The average molecular weight is 850 g/mol. The summed E-state index contributed by atoms with van der Waals surface area (Å²) >= 11 is 1.86. The first kappa shape index (κ1) is 37.8. The fraction of sp³-hybridized carbons (Fsp3) is 0.0645. The van der Waals surface area contributed by atoms with E-state index in [-0.39, 0.29) is 5.92 Å². The van der Waals surface area contributed by atoms with Gasteiger partial charge in [-0.3, -0.25) is 0 Å². The molecule has 0 amide bonds. The van der Waals surface area contributed by atoms with Crippen molar-refractivity contribution >= 4 is 81.3 Å². The number of rotatable bonds is 7. The molecule has 0 spiro atoms. The fourth-order valence-electron chi connectivity index (χ4n) is 10.8. The maximum absolute atomic E-state index is 6.68. The van der Waals surface area contributed by atoms with Crippen molar-refractivity contribution in [2.75, 3.05) is 4.90 Å². The first-order chi connectivity index (χ1) is 32.2. The van der Waals surface area contributed by atoms with Crippen molar-refractivity contribution in [3.8, 4) is 33.4 Å². The highest BCUT2D eigenvalue weighted by Gasteiger charge is 2.29. The molecule has 308 valence electrons. The lowest BCUT2D eigenvalue weighted by Crippen LogP contribution is -2.10. The Morgan fingerprint density at radius 1 is 0.462 bits per heavy atom. The molecule has 10 aromatic carbocycles. The molecule has 65 heavy (non-hydrogen) atoms. The van der Waals surface area contributed by atoms with Crippen molar-refractivity contribution in [1.82, 2.24) is 0 Å². The summed E-state index contributed by atoms with van der Waals surface area (Å²) in [4.78, 5) is 2.40.